The molecule has 2 aromatic rings. The van der Waals surface area contributed by atoms with Crippen molar-refractivity contribution in [1.82, 2.24) is 19.7 Å². The highest BCUT2D eigenvalue weighted by Gasteiger charge is 2.28. The van der Waals surface area contributed by atoms with Crippen molar-refractivity contribution in [2.24, 2.45) is 0 Å². The van der Waals surface area contributed by atoms with Crippen molar-refractivity contribution in [3.05, 3.63) is 33.9 Å². The summed E-state index contributed by atoms with van der Waals surface area (Å²) in [6.45, 7) is 5.30. The lowest BCUT2D eigenvalue weighted by Gasteiger charge is -2.34. The van der Waals surface area contributed by atoms with Gasteiger partial charge in [0.2, 0.25) is 0 Å². The first-order valence-corrected chi connectivity index (χ1v) is 9.81. The fraction of sp³-hybridized carbons (Fsp3) is 0.611. The summed E-state index contributed by atoms with van der Waals surface area (Å²) in [4.78, 5) is 7.08. The minimum absolute atomic E-state index is 0.461. The van der Waals surface area contributed by atoms with E-state index in [9.17, 15) is 0 Å². The Kier molecular flexibility index (Phi) is 4.57. The fourth-order valence-corrected chi connectivity index (χ4v) is 4.50. The summed E-state index contributed by atoms with van der Waals surface area (Å²) in [5.41, 5.74) is 1.23. The van der Waals surface area contributed by atoms with Gasteiger partial charge in [0.25, 0.3) is 0 Å². The molecule has 4 heterocycles. The minimum Gasteiger partial charge on any atom is -0.356 e. The molecule has 0 amide bonds. The van der Waals surface area contributed by atoms with Gasteiger partial charge in [-0.25, -0.2) is 4.98 Å². The number of hydrogen-bond donors (Lipinski definition) is 0. The molecular weight excluding hydrogens is 366 g/mol. The summed E-state index contributed by atoms with van der Waals surface area (Å²) < 4.78 is 3.45. The minimum atomic E-state index is 0.461. The van der Waals surface area contributed by atoms with Gasteiger partial charge in [0.05, 0.1) is 0 Å². The molecule has 2 aliphatic heterocycles. The number of rotatable bonds is 2. The monoisotopic (exact) mass is 389 g/mol. The number of aromatic nitrogens is 4. The quantitative estimate of drug-likeness (QED) is 0.782. The van der Waals surface area contributed by atoms with E-state index in [1.807, 2.05) is 6.20 Å². The molecule has 0 aromatic carbocycles. The van der Waals surface area contributed by atoms with E-state index in [-0.39, 0.29) is 0 Å². The Labute approximate surface area is 151 Å². The van der Waals surface area contributed by atoms with E-state index in [2.05, 4.69) is 53.6 Å². The van der Waals surface area contributed by atoms with Crippen LogP contribution in [-0.4, -0.2) is 32.8 Å². The van der Waals surface area contributed by atoms with Gasteiger partial charge in [-0.15, -0.1) is 10.2 Å². The van der Waals surface area contributed by atoms with Gasteiger partial charge in [-0.3, -0.25) is 0 Å². The molecule has 0 saturated carbocycles. The van der Waals surface area contributed by atoms with Gasteiger partial charge in [-0.05, 0) is 60.2 Å². The largest absolute Gasteiger partial charge is 0.356 e. The van der Waals surface area contributed by atoms with Gasteiger partial charge < -0.3 is 9.47 Å². The molecule has 6 heteroatoms. The number of piperidine rings is 1. The molecule has 0 spiro atoms. The zero-order valence-electron chi connectivity index (χ0n) is 14.2. The smallest absolute Gasteiger partial charge is 0.137 e. The molecule has 2 aliphatic rings. The molecule has 0 N–H and O–H groups in total. The Morgan fingerprint density at radius 3 is 2.92 bits per heavy atom. The van der Waals surface area contributed by atoms with Gasteiger partial charge in [-0.2, -0.15) is 0 Å². The van der Waals surface area contributed by atoms with Gasteiger partial charge in [0.1, 0.15) is 17.5 Å². The maximum absolute atomic E-state index is 4.66. The van der Waals surface area contributed by atoms with Crippen LogP contribution in [0.15, 0.2) is 16.7 Å². The van der Waals surface area contributed by atoms with Gasteiger partial charge >= 0.3 is 0 Å². The van der Waals surface area contributed by atoms with Gasteiger partial charge in [0, 0.05) is 42.6 Å². The number of fused-ring (bicyclic) bond motifs is 1. The molecule has 4 rings (SSSR count). The first-order valence-electron chi connectivity index (χ1n) is 9.01. The number of halogens is 1. The van der Waals surface area contributed by atoms with Crippen molar-refractivity contribution < 1.29 is 0 Å². The summed E-state index contributed by atoms with van der Waals surface area (Å²) in [6.07, 6.45) is 9.17. The molecule has 0 aliphatic carbocycles. The lowest BCUT2D eigenvalue weighted by atomic mass is 9.96. The highest BCUT2D eigenvalue weighted by molar-refractivity contribution is 9.10. The van der Waals surface area contributed by atoms with Crippen LogP contribution in [0.2, 0.25) is 0 Å². The molecular formula is C18H24BrN5. The highest BCUT2D eigenvalue weighted by atomic mass is 79.9. The zero-order valence-corrected chi connectivity index (χ0v) is 15.8. The van der Waals surface area contributed by atoms with Crippen LogP contribution in [0.5, 0.6) is 0 Å². The number of aryl methyl sites for hydroxylation is 2. The topological polar surface area (TPSA) is 46.8 Å². The van der Waals surface area contributed by atoms with Crippen molar-refractivity contribution in [3.63, 3.8) is 0 Å². The third-order valence-electron chi connectivity index (χ3n) is 5.24. The normalized spacial score (nSPS) is 21.4. The first kappa shape index (κ1) is 16.1. The third kappa shape index (κ3) is 3.08. The van der Waals surface area contributed by atoms with Crippen molar-refractivity contribution in [3.8, 4) is 0 Å². The number of nitrogens with zero attached hydrogens (tertiary/aromatic N) is 5. The van der Waals surface area contributed by atoms with E-state index >= 15 is 0 Å². The molecule has 1 fully saturated rings. The number of hydrogen-bond acceptors (Lipinski definition) is 4. The molecule has 128 valence electrons. The molecule has 0 radical (unpaired) electrons. The standard InChI is InChI=1S/C18H24BrN5/c1-13-10-15(19)11-20-17(13)23-8-5-6-14(12-23)18-22-21-16-7-3-2-4-9-24(16)18/h10-11,14H,2-9,12H2,1H3. The van der Waals surface area contributed by atoms with Crippen molar-refractivity contribution in [1.29, 1.82) is 0 Å². The maximum Gasteiger partial charge on any atom is 0.137 e. The Morgan fingerprint density at radius 1 is 1.12 bits per heavy atom. The van der Waals surface area contributed by atoms with Crippen molar-refractivity contribution >= 4 is 21.7 Å². The average Bonchev–Trinajstić information content (AvgIpc) is 2.84. The van der Waals surface area contributed by atoms with Crippen LogP contribution in [0.25, 0.3) is 0 Å². The number of anilines is 1. The van der Waals surface area contributed by atoms with Crippen molar-refractivity contribution in [2.75, 3.05) is 18.0 Å². The van der Waals surface area contributed by atoms with E-state index in [0.717, 1.165) is 36.3 Å². The Morgan fingerprint density at radius 2 is 2.04 bits per heavy atom. The summed E-state index contributed by atoms with van der Waals surface area (Å²) in [7, 11) is 0. The van der Waals surface area contributed by atoms with Gasteiger partial charge in [0.15, 0.2) is 0 Å². The molecule has 1 saturated heterocycles. The first-order chi connectivity index (χ1) is 11.7. The molecule has 1 unspecified atom stereocenters. The molecule has 1 atom stereocenters. The molecule has 5 nitrogen and oxygen atoms in total. The molecule has 24 heavy (non-hydrogen) atoms. The van der Waals surface area contributed by atoms with Crippen LogP contribution in [0.1, 0.15) is 55.2 Å². The third-order valence-corrected chi connectivity index (χ3v) is 5.68. The van der Waals surface area contributed by atoms with Gasteiger partial charge in [-0.1, -0.05) is 6.42 Å². The number of pyridine rings is 1. The zero-order chi connectivity index (χ0) is 16.5. The van der Waals surface area contributed by atoms with Crippen LogP contribution in [0.4, 0.5) is 5.82 Å². The van der Waals surface area contributed by atoms with E-state index in [4.69, 9.17) is 0 Å². The molecule has 2 aromatic heterocycles. The van der Waals surface area contributed by atoms with Crippen LogP contribution in [0.3, 0.4) is 0 Å². The highest BCUT2D eigenvalue weighted by Crippen LogP contribution is 2.31. The Balaban J connectivity index is 1.58. The van der Waals surface area contributed by atoms with Crippen LogP contribution in [-0.2, 0) is 13.0 Å². The lowest BCUT2D eigenvalue weighted by Crippen LogP contribution is -2.36. The second-order valence-corrected chi connectivity index (χ2v) is 7.93. The summed E-state index contributed by atoms with van der Waals surface area (Å²) in [5, 5.41) is 9.08. The van der Waals surface area contributed by atoms with E-state index in [1.54, 1.807) is 0 Å². The van der Waals surface area contributed by atoms with E-state index in [1.165, 1.54) is 49.3 Å². The average molecular weight is 390 g/mol. The van der Waals surface area contributed by atoms with E-state index < -0.39 is 0 Å². The fourth-order valence-electron chi connectivity index (χ4n) is 4.05. The van der Waals surface area contributed by atoms with Crippen LogP contribution in [0, 0.1) is 6.92 Å². The second kappa shape index (κ2) is 6.82. The van der Waals surface area contributed by atoms with Crippen LogP contribution < -0.4 is 4.90 Å². The Hall–Kier alpha value is -1.43. The summed E-state index contributed by atoms with van der Waals surface area (Å²) >= 11 is 3.51. The maximum atomic E-state index is 4.66. The summed E-state index contributed by atoms with van der Waals surface area (Å²) in [5.74, 6) is 3.96. The predicted molar refractivity (Wildman–Crippen MR) is 98.4 cm³/mol. The molecule has 0 bridgehead atoms. The van der Waals surface area contributed by atoms with Crippen LogP contribution >= 0.6 is 15.9 Å². The second-order valence-electron chi connectivity index (χ2n) is 7.02. The lowest BCUT2D eigenvalue weighted by molar-refractivity contribution is 0.463. The SMILES string of the molecule is Cc1cc(Br)cnc1N1CCCC(c2nnc3n2CCCCC3)C1. The van der Waals surface area contributed by atoms with E-state index in [0.29, 0.717) is 5.92 Å². The summed E-state index contributed by atoms with van der Waals surface area (Å²) in [6, 6.07) is 2.15. The Bertz CT molecular complexity index is 726. The predicted octanol–water partition coefficient (Wildman–Crippen LogP) is 3.85. The van der Waals surface area contributed by atoms with Crippen molar-refractivity contribution in [2.45, 2.75) is 57.9 Å².